The number of carbonyl (C=O) groups excluding carboxylic acids is 2. The van der Waals surface area contributed by atoms with E-state index < -0.39 is 11.6 Å². The van der Waals surface area contributed by atoms with Crippen molar-refractivity contribution in [2.24, 2.45) is 0 Å². The van der Waals surface area contributed by atoms with Gasteiger partial charge in [-0.05, 0) is 31.0 Å². The van der Waals surface area contributed by atoms with Gasteiger partial charge in [0.2, 0.25) is 0 Å². The van der Waals surface area contributed by atoms with Crippen LogP contribution >= 0.6 is 23.2 Å². The molecule has 4 nitrogen and oxygen atoms in total. The average Bonchev–Trinajstić information content (AvgIpc) is 2.91. The lowest BCUT2D eigenvalue weighted by Gasteiger charge is -2.20. The summed E-state index contributed by atoms with van der Waals surface area (Å²) in [7, 11) is 0. The van der Waals surface area contributed by atoms with Crippen molar-refractivity contribution in [3.8, 4) is 0 Å². The highest BCUT2D eigenvalue weighted by molar-refractivity contribution is 6.37. The molecule has 0 unspecified atom stereocenters. The van der Waals surface area contributed by atoms with Gasteiger partial charge >= 0.3 is 6.03 Å². The molecule has 0 radical (unpaired) electrons. The standard InChI is InChI=1S/C13H12Cl2N2O2/c14-8-3-4-9(15)10(7-8)17-11(18)13(16-12(17)19)5-1-2-6-13/h3-4,7H,1-2,5-6H2,(H,16,19). The Hall–Kier alpha value is -1.26. The lowest BCUT2D eigenvalue weighted by molar-refractivity contribution is -0.121. The van der Waals surface area contributed by atoms with Crippen LogP contribution in [0.25, 0.3) is 0 Å². The largest absolute Gasteiger partial charge is 0.329 e. The Morgan fingerprint density at radius 1 is 1.16 bits per heavy atom. The highest BCUT2D eigenvalue weighted by Gasteiger charge is 2.53. The van der Waals surface area contributed by atoms with Gasteiger partial charge in [0.05, 0.1) is 10.7 Å². The number of hydrogen-bond donors (Lipinski definition) is 1. The van der Waals surface area contributed by atoms with E-state index in [1.54, 1.807) is 12.1 Å². The number of rotatable bonds is 1. The van der Waals surface area contributed by atoms with Gasteiger partial charge in [0.1, 0.15) is 5.54 Å². The van der Waals surface area contributed by atoms with Gasteiger partial charge in [0.25, 0.3) is 5.91 Å². The zero-order valence-electron chi connectivity index (χ0n) is 10.1. The molecule has 100 valence electrons. The normalized spacial score (nSPS) is 21.3. The molecule has 3 rings (SSSR count). The summed E-state index contributed by atoms with van der Waals surface area (Å²) in [5.74, 6) is -0.223. The van der Waals surface area contributed by atoms with E-state index in [9.17, 15) is 9.59 Å². The van der Waals surface area contributed by atoms with E-state index in [4.69, 9.17) is 23.2 Å². The van der Waals surface area contributed by atoms with Crippen LogP contribution in [0.5, 0.6) is 0 Å². The number of carbonyl (C=O) groups is 2. The second kappa shape index (κ2) is 4.39. The van der Waals surface area contributed by atoms with Crippen LogP contribution in [0.2, 0.25) is 10.0 Å². The molecular weight excluding hydrogens is 287 g/mol. The van der Waals surface area contributed by atoms with E-state index >= 15 is 0 Å². The SMILES string of the molecule is O=C1NC2(CCCC2)C(=O)N1c1cc(Cl)ccc1Cl. The molecule has 1 saturated heterocycles. The summed E-state index contributed by atoms with van der Waals surface area (Å²) in [5, 5.41) is 3.58. The first kappa shape index (κ1) is 12.8. The molecule has 2 fully saturated rings. The number of urea groups is 1. The molecule has 1 N–H and O–H groups in total. The van der Waals surface area contributed by atoms with Gasteiger partial charge in [-0.1, -0.05) is 36.0 Å². The van der Waals surface area contributed by atoms with Crippen LogP contribution in [0.4, 0.5) is 10.5 Å². The highest BCUT2D eigenvalue weighted by atomic mass is 35.5. The van der Waals surface area contributed by atoms with Crippen LogP contribution < -0.4 is 10.2 Å². The molecular formula is C13H12Cl2N2O2. The second-order valence-corrected chi connectivity index (χ2v) is 5.80. The van der Waals surface area contributed by atoms with Crippen molar-refractivity contribution in [3.63, 3.8) is 0 Å². The molecule has 1 spiro atoms. The molecule has 3 amide bonds. The molecule has 0 aromatic heterocycles. The van der Waals surface area contributed by atoms with Crippen molar-refractivity contribution >= 4 is 40.8 Å². The van der Waals surface area contributed by atoms with Gasteiger partial charge in [0, 0.05) is 5.02 Å². The van der Waals surface area contributed by atoms with Crippen molar-refractivity contribution in [1.82, 2.24) is 5.32 Å². The van der Waals surface area contributed by atoms with Crippen LogP contribution in [-0.2, 0) is 4.79 Å². The van der Waals surface area contributed by atoms with Gasteiger partial charge in [-0.3, -0.25) is 4.79 Å². The maximum Gasteiger partial charge on any atom is 0.329 e. The maximum atomic E-state index is 12.5. The van der Waals surface area contributed by atoms with Gasteiger partial charge in [-0.2, -0.15) is 0 Å². The third kappa shape index (κ3) is 1.90. The molecule has 1 heterocycles. The summed E-state index contributed by atoms with van der Waals surface area (Å²) in [6.07, 6.45) is 3.27. The monoisotopic (exact) mass is 298 g/mol. The van der Waals surface area contributed by atoms with E-state index in [0.29, 0.717) is 28.6 Å². The number of nitrogens with one attached hydrogen (secondary N) is 1. The first-order valence-electron chi connectivity index (χ1n) is 6.15. The Labute approximate surface area is 120 Å². The van der Waals surface area contributed by atoms with E-state index in [2.05, 4.69) is 5.32 Å². The van der Waals surface area contributed by atoms with Crippen LogP contribution in [0.1, 0.15) is 25.7 Å². The molecule has 1 aliphatic heterocycles. The minimum atomic E-state index is -0.733. The Balaban J connectivity index is 2.03. The number of nitrogens with zero attached hydrogens (tertiary/aromatic N) is 1. The molecule has 1 aromatic rings. The van der Waals surface area contributed by atoms with Gasteiger partial charge in [-0.15, -0.1) is 0 Å². The first-order valence-corrected chi connectivity index (χ1v) is 6.91. The minimum Gasteiger partial charge on any atom is -0.323 e. The van der Waals surface area contributed by atoms with Gasteiger partial charge in [-0.25, -0.2) is 9.69 Å². The second-order valence-electron chi connectivity index (χ2n) is 4.96. The Morgan fingerprint density at radius 3 is 2.53 bits per heavy atom. The molecule has 0 atom stereocenters. The zero-order chi connectivity index (χ0) is 13.6. The zero-order valence-corrected chi connectivity index (χ0v) is 11.6. The Morgan fingerprint density at radius 2 is 1.84 bits per heavy atom. The fourth-order valence-electron chi connectivity index (χ4n) is 2.81. The Kier molecular flexibility index (Phi) is 2.95. The number of benzene rings is 1. The van der Waals surface area contributed by atoms with Crippen molar-refractivity contribution in [2.75, 3.05) is 4.90 Å². The summed E-state index contributed by atoms with van der Waals surface area (Å²) in [4.78, 5) is 25.8. The average molecular weight is 299 g/mol. The summed E-state index contributed by atoms with van der Waals surface area (Å²) in [6.45, 7) is 0. The molecule has 19 heavy (non-hydrogen) atoms. The van der Waals surface area contributed by atoms with Crippen LogP contribution in [0.15, 0.2) is 18.2 Å². The number of amides is 3. The molecule has 6 heteroatoms. The number of anilines is 1. The predicted molar refractivity (Wildman–Crippen MR) is 73.7 cm³/mol. The van der Waals surface area contributed by atoms with E-state index in [1.807, 2.05) is 0 Å². The fraction of sp³-hybridized carbons (Fsp3) is 0.385. The fourth-order valence-corrected chi connectivity index (χ4v) is 3.18. The third-order valence-corrected chi connectivity index (χ3v) is 4.32. The summed E-state index contributed by atoms with van der Waals surface area (Å²) in [5.41, 5.74) is -0.386. The minimum absolute atomic E-state index is 0.223. The molecule has 0 bridgehead atoms. The van der Waals surface area contributed by atoms with Crippen LogP contribution in [0, 0.1) is 0 Å². The van der Waals surface area contributed by atoms with E-state index in [-0.39, 0.29) is 5.91 Å². The summed E-state index contributed by atoms with van der Waals surface area (Å²) in [6, 6.07) is 4.32. The lowest BCUT2D eigenvalue weighted by Crippen LogP contribution is -2.44. The van der Waals surface area contributed by atoms with Crippen molar-refractivity contribution in [3.05, 3.63) is 28.2 Å². The van der Waals surface area contributed by atoms with Crippen LogP contribution in [-0.4, -0.2) is 17.5 Å². The summed E-state index contributed by atoms with van der Waals surface area (Å²) < 4.78 is 0. The van der Waals surface area contributed by atoms with Crippen molar-refractivity contribution < 1.29 is 9.59 Å². The van der Waals surface area contributed by atoms with Crippen LogP contribution in [0.3, 0.4) is 0 Å². The number of imide groups is 1. The van der Waals surface area contributed by atoms with E-state index in [1.165, 1.54) is 6.07 Å². The molecule has 2 aliphatic rings. The first-order chi connectivity index (χ1) is 9.03. The number of hydrogen-bond acceptors (Lipinski definition) is 2. The molecule has 1 aliphatic carbocycles. The maximum absolute atomic E-state index is 12.5. The lowest BCUT2D eigenvalue weighted by atomic mass is 9.98. The Bertz CT molecular complexity index is 568. The van der Waals surface area contributed by atoms with Gasteiger partial charge in [0.15, 0.2) is 0 Å². The molecule has 1 saturated carbocycles. The third-order valence-electron chi connectivity index (χ3n) is 3.77. The van der Waals surface area contributed by atoms with Gasteiger partial charge < -0.3 is 5.32 Å². The summed E-state index contributed by atoms with van der Waals surface area (Å²) >= 11 is 12.0. The topological polar surface area (TPSA) is 49.4 Å². The quantitative estimate of drug-likeness (QED) is 0.808. The number of halogens is 2. The van der Waals surface area contributed by atoms with Crippen molar-refractivity contribution in [2.45, 2.75) is 31.2 Å². The van der Waals surface area contributed by atoms with Crippen molar-refractivity contribution in [1.29, 1.82) is 0 Å². The smallest absolute Gasteiger partial charge is 0.323 e. The van der Waals surface area contributed by atoms with E-state index in [0.717, 1.165) is 17.7 Å². The highest BCUT2D eigenvalue weighted by Crippen LogP contribution is 2.39. The molecule has 1 aromatic carbocycles. The predicted octanol–water partition coefficient (Wildman–Crippen LogP) is 3.36.